The van der Waals surface area contributed by atoms with Gasteiger partial charge in [0.05, 0.1) is 5.57 Å². The number of allylic oxidation sites excluding steroid dienone is 1. The minimum atomic E-state index is -0.888. The molecule has 6 nitrogen and oxygen atoms in total. The van der Waals surface area contributed by atoms with Crippen molar-refractivity contribution in [2.75, 3.05) is 6.54 Å². The van der Waals surface area contributed by atoms with E-state index in [1.807, 2.05) is 54.6 Å². The molecule has 0 saturated heterocycles. The predicted molar refractivity (Wildman–Crippen MR) is 124 cm³/mol. The van der Waals surface area contributed by atoms with Crippen molar-refractivity contribution in [3.8, 4) is 0 Å². The molecule has 0 saturated carbocycles. The van der Waals surface area contributed by atoms with E-state index in [-0.39, 0.29) is 5.78 Å². The fourth-order valence-corrected chi connectivity index (χ4v) is 4.52. The van der Waals surface area contributed by atoms with Crippen LogP contribution in [0, 0.1) is 0 Å². The Labute approximate surface area is 191 Å². The number of rotatable bonds is 7. The Balaban J connectivity index is 1.28. The molecule has 0 amide bonds. The molecule has 1 aliphatic carbocycles. The van der Waals surface area contributed by atoms with Crippen LogP contribution in [0.15, 0.2) is 66.9 Å². The summed E-state index contributed by atoms with van der Waals surface area (Å²) >= 11 is 0. The van der Waals surface area contributed by atoms with Crippen LogP contribution in [0.4, 0.5) is 0 Å². The van der Waals surface area contributed by atoms with Crippen molar-refractivity contribution < 1.29 is 19.4 Å². The maximum atomic E-state index is 12.7. The Morgan fingerprint density at radius 1 is 1.06 bits per heavy atom. The number of aromatic nitrogens is 1. The number of carboxylic acid groups (broad SMARTS) is 1. The van der Waals surface area contributed by atoms with Crippen LogP contribution < -0.4 is 5.32 Å². The van der Waals surface area contributed by atoms with E-state index in [1.54, 1.807) is 6.20 Å². The molecule has 0 radical (unpaired) electrons. The van der Waals surface area contributed by atoms with E-state index >= 15 is 0 Å². The average Bonchev–Trinajstić information content (AvgIpc) is 3.38. The Bertz CT molecular complexity index is 1250. The zero-order chi connectivity index (χ0) is 22.8. The standard InChI is InChI=1S/C27H24N2O4/c30-24-14-18-5-1-2-7-21(18)25(24)26-22-9-8-17(13-19(22)16-33-26)10-12-29-23(27(31)32)15-20-6-3-4-11-28-20/h1-9,11,13,23,29H,10,12,14-16H2,(H,31,32)/b26-25+. The molecule has 2 heterocycles. The number of carboxylic acids is 1. The normalized spacial score (nSPS) is 17.4. The van der Waals surface area contributed by atoms with Gasteiger partial charge in [-0.25, -0.2) is 0 Å². The van der Waals surface area contributed by atoms with Crippen LogP contribution in [-0.2, 0) is 40.2 Å². The maximum absolute atomic E-state index is 12.7. The summed E-state index contributed by atoms with van der Waals surface area (Å²) in [5, 5.41) is 12.7. The second-order valence-electron chi connectivity index (χ2n) is 8.36. The monoisotopic (exact) mass is 440 g/mol. The van der Waals surface area contributed by atoms with Gasteiger partial charge in [0.25, 0.3) is 0 Å². The summed E-state index contributed by atoms with van der Waals surface area (Å²) in [6.07, 6.45) is 3.11. The molecular weight excluding hydrogens is 416 g/mol. The first kappa shape index (κ1) is 21.1. The molecule has 2 N–H and O–H groups in total. The van der Waals surface area contributed by atoms with Crippen LogP contribution in [0.25, 0.3) is 11.3 Å². The largest absolute Gasteiger partial charge is 0.487 e. The van der Waals surface area contributed by atoms with Crippen molar-refractivity contribution in [1.29, 1.82) is 0 Å². The quantitative estimate of drug-likeness (QED) is 0.548. The lowest BCUT2D eigenvalue weighted by Gasteiger charge is -2.14. The number of nitrogens with zero attached hydrogens (tertiary/aromatic N) is 1. The van der Waals surface area contributed by atoms with E-state index in [1.165, 1.54) is 0 Å². The molecule has 5 rings (SSSR count). The van der Waals surface area contributed by atoms with E-state index < -0.39 is 12.0 Å². The molecule has 0 fully saturated rings. The summed E-state index contributed by atoms with van der Waals surface area (Å²) < 4.78 is 5.99. The fraction of sp³-hybridized carbons (Fsp3) is 0.222. The third-order valence-corrected chi connectivity index (χ3v) is 6.17. The third kappa shape index (κ3) is 4.30. The van der Waals surface area contributed by atoms with Gasteiger partial charge in [0.1, 0.15) is 18.4 Å². The third-order valence-electron chi connectivity index (χ3n) is 6.17. The number of hydrogen-bond donors (Lipinski definition) is 2. The lowest BCUT2D eigenvalue weighted by Crippen LogP contribution is -2.39. The summed E-state index contributed by atoms with van der Waals surface area (Å²) in [5.74, 6) is -0.119. The highest BCUT2D eigenvalue weighted by atomic mass is 16.5. The molecule has 166 valence electrons. The minimum Gasteiger partial charge on any atom is -0.487 e. The molecule has 1 aliphatic heterocycles. The van der Waals surface area contributed by atoms with Crippen LogP contribution in [0.1, 0.15) is 33.5 Å². The number of benzene rings is 2. The lowest BCUT2D eigenvalue weighted by molar-refractivity contribution is -0.139. The Morgan fingerprint density at radius 3 is 2.73 bits per heavy atom. The smallest absolute Gasteiger partial charge is 0.321 e. The van der Waals surface area contributed by atoms with Crippen LogP contribution in [0.2, 0.25) is 0 Å². The zero-order valence-electron chi connectivity index (χ0n) is 18.1. The summed E-state index contributed by atoms with van der Waals surface area (Å²) in [5.41, 5.74) is 6.54. The number of aliphatic carboxylic acids is 1. The number of carbonyl (C=O) groups excluding carboxylic acids is 1. The molecule has 1 unspecified atom stereocenters. The van der Waals surface area contributed by atoms with Crippen molar-refractivity contribution in [3.63, 3.8) is 0 Å². The van der Waals surface area contributed by atoms with Crippen LogP contribution in [-0.4, -0.2) is 34.4 Å². The highest BCUT2D eigenvalue weighted by molar-refractivity contribution is 6.31. The molecule has 2 aliphatic rings. The van der Waals surface area contributed by atoms with Gasteiger partial charge >= 0.3 is 5.97 Å². The number of fused-ring (bicyclic) bond motifs is 2. The van der Waals surface area contributed by atoms with Gasteiger partial charge in [0, 0.05) is 35.9 Å². The maximum Gasteiger partial charge on any atom is 0.321 e. The van der Waals surface area contributed by atoms with Crippen LogP contribution in [0.3, 0.4) is 0 Å². The SMILES string of the molecule is O=C1Cc2ccccc2/C1=C1\OCc2cc(CCNC(Cc3ccccn3)C(=O)O)ccc21. The average molecular weight is 440 g/mol. The van der Waals surface area contributed by atoms with E-state index in [0.29, 0.717) is 43.7 Å². The van der Waals surface area contributed by atoms with Gasteiger partial charge in [-0.15, -0.1) is 0 Å². The number of carbonyl (C=O) groups is 2. The van der Waals surface area contributed by atoms with Gasteiger partial charge in [0.2, 0.25) is 0 Å². The molecule has 33 heavy (non-hydrogen) atoms. The second kappa shape index (κ2) is 9.00. The van der Waals surface area contributed by atoms with E-state index in [9.17, 15) is 14.7 Å². The van der Waals surface area contributed by atoms with Crippen LogP contribution >= 0.6 is 0 Å². The molecule has 3 aromatic rings. The molecule has 1 atom stereocenters. The molecule has 6 heteroatoms. The van der Waals surface area contributed by atoms with Crippen molar-refractivity contribution >= 4 is 23.1 Å². The zero-order valence-corrected chi connectivity index (χ0v) is 18.1. The molecular formula is C27H24N2O4. The second-order valence-corrected chi connectivity index (χ2v) is 8.36. The van der Waals surface area contributed by atoms with E-state index in [0.717, 1.165) is 33.5 Å². The number of Topliss-reactive ketones (excluding diaryl/α,β-unsaturated/α-hetero) is 1. The highest BCUT2D eigenvalue weighted by Crippen LogP contribution is 2.40. The van der Waals surface area contributed by atoms with E-state index in [2.05, 4.69) is 16.4 Å². The van der Waals surface area contributed by atoms with E-state index in [4.69, 9.17) is 4.74 Å². The Morgan fingerprint density at radius 2 is 1.91 bits per heavy atom. The number of ketones is 1. The van der Waals surface area contributed by atoms with Crippen molar-refractivity contribution in [2.24, 2.45) is 0 Å². The van der Waals surface area contributed by atoms with Crippen molar-refractivity contribution in [2.45, 2.75) is 31.9 Å². The first-order chi connectivity index (χ1) is 16.1. The highest BCUT2D eigenvalue weighted by Gasteiger charge is 2.32. The minimum absolute atomic E-state index is 0.0972. The van der Waals surface area contributed by atoms with Gasteiger partial charge < -0.3 is 15.2 Å². The predicted octanol–water partition coefficient (Wildman–Crippen LogP) is 3.43. The molecule has 1 aromatic heterocycles. The molecule has 0 spiro atoms. The van der Waals surface area contributed by atoms with Crippen LogP contribution in [0.5, 0.6) is 0 Å². The Hall–Kier alpha value is -3.77. The summed E-state index contributed by atoms with van der Waals surface area (Å²) in [4.78, 5) is 28.5. The fourth-order valence-electron chi connectivity index (χ4n) is 4.52. The van der Waals surface area contributed by atoms with Gasteiger partial charge in [-0.1, -0.05) is 48.5 Å². The first-order valence-electron chi connectivity index (χ1n) is 11.1. The number of pyridine rings is 1. The summed E-state index contributed by atoms with van der Waals surface area (Å²) in [6, 6.07) is 18.8. The van der Waals surface area contributed by atoms with Gasteiger partial charge in [-0.05, 0) is 41.8 Å². The molecule has 2 aromatic carbocycles. The molecule has 0 bridgehead atoms. The van der Waals surface area contributed by atoms with Gasteiger partial charge in [-0.3, -0.25) is 14.6 Å². The lowest BCUT2D eigenvalue weighted by atomic mass is 9.98. The summed E-state index contributed by atoms with van der Waals surface area (Å²) in [6.45, 7) is 0.964. The van der Waals surface area contributed by atoms with Gasteiger partial charge in [-0.2, -0.15) is 0 Å². The van der Waals surface area contributed by atoms with Crippen molar-refractivity contribution in [3.05, 3.63) is 100 Å². The number of nitrogens with one attached hydrogen (secondary N) is 1. The summed E-state index contributed by atoms with van der Waals surface area (Å²) in [7, 11) is 0. The first-order valence-corrected chi connectivity index (χ1v) is 11.1. The number of ether oxygens (including phenoxy) is 1. The van der Waals surface area contributed by atoms with Crippen molar-refractivity contribution in [1.82, 2.24) is 10.3 Å². The van der Waals surface area contributed by atoms with Gasteiger partial charge in [0.15, 0.2) is 5.78 Å². The number of hydrogen-bond acceptors (Lipinski definition) is 5. The Kier molecular flexibility index (Phi) is 5.75. The topological polar surface area (TPSA) is 88.5 Å².